The number of ether oxygens (including phenoxy) is 2. The molecule has 136 valence electrons. The van der Waals surface area contributed by atoms with Crippen LogP contribution in [0.15, 0.2) is 5.38 Å². The van der Waals surface area contributed by atoms with Gasteiger partial charge < -0.3 is 14.4 Å². The van der Waals surface area contributed by atoms with E-state index >= 15 is 0 Å². The van der Waals surface area contributed by atoms with Crippen LogP contribution in [0.1, 0.15) is 38.0 Å². The van der Waals surface area contributed by atoms with Crippen LogP contribution in [0.3, 0.4) is 0 Å². The van der Waals surface area contributed by atoms with Crippen LogP contribution in [-0.4, -0.2) is 60.3 Å². The zero-order valence-electron chi connectivity index (χ0n) is 15.2. The van der Waals surface area contributed by atoms with Gasteiger partial charge in [0.25, 0.3) is 0 Å². The first-order valence-corrected chi connectivity index (χ1v) is 9.45. The predicted octanol–water partition coefficient (Wildman–Crippen LogP) is 3.60. The predicted molar refractivity (Wildman–Crippen MR) is 97.2 cm³/mol. The van der Waals surface area contributed by atoms with Crippen LogP contribution in [-0.2, 0) is 9.47 Å². The number of hydrogen-bond acceptors (Lipinski definition) is 5. The third-order valence-electron chi connectivity index (χ3n) is 4.65. The number of hydrogen-bond donors (Lipinski definition) is 0. The van der Waals surface area contributed by atoms with Gasteiger partial charge in [-0.05, 0) is 44.2 Å². The molecule has 0 unspecified atom stereocenters. The SMILES string of the molecule is [C-]#[N+]c1scc([C@H]2CN3CCN(C(=O)OC(C)(C)C)C[C@H]3CO2)c1C. The second kappa shape index (κ2) is 6.94. The van der Waals surface area contributed by atoms with Gasteiger partial charge in [0.2, 0.25) is 5.00 Å². The molecule has 1 aromatic heterocycles. The number of nitrogens with zero attached hydrogens (tertiary/aromatic N) is 3. The van der Waals surface area contributed by atoms with Crippen molar-refractivity contribution in [1.82, 2.24) is 9.80 Å². The van der Waals surface area contributed by atoms with Crippen molar-refractivity contribution in [2.75, 3.05) is 32.8 Å². The summed E-state index contributed by atoms with van der Waals surface area (Å²) in [7, 11) is 0. The van der Waals surface area contributed by atoms with Crippen molar-refractivity contribution in [3.05, 3.63) is 27.9 Å². The molecule has 2 atom stereocenters. The molecule has 0 bridgehead atoms. The Bertz CT molecular complexity index is 689. The lowest BCUT2D eigenvalue weighted by atomic mass is 10.0. The average molecular weight is 363 g/mol. The van der Waals surface area contributed by atoms with Crippen molar-refractivity contribution in [2.45, 2.75) is 45.4 Å². The van der Waals surface area contributed by atoms with Crippen LogP contribution >= 0.6 is 11.3 Å². The monoisotopic (exact) mass is 363 g/mol. The number of piperazine rings is 1. The average Bonchev–Trinajstić information content (AvgIpc) is 2.93. The topological polar surface area (TPSA) is 46.4 Å². The lowest BCUT2D eigenvalue weighted by Crippen LogP contribution is -2.60. The molecule has 2 saturated heterocycles. The number of rotatable bonds is 1. The Morgan fingerprint density at radius 1 is 1.40 bits per heavy atom. The summed E-state index contributed by atoms with van der Waals surface area (Å²) >= 11 is 1.49. The van der Waals surface area contributed by atoms with E-state index < -0.39 is 5.60 Å². The van der Waals surface area contributed by atoms with Crippen LogP contribution in [0, 0.1) is 13.5 Å². The Kier molecular flexibility index (Phi) is 5.05. The number of thiophene rings is 1. The van der Waals surface area contributed by atoms with E-state index in [0.29, 0.717) is 19.7 Å². The maximum absolute atomic E-state index is 12.3. The highest BCUT2D eigenvalue weighted by molar-refractivity contribution is 7.14. The number of fused-ring (bicyclic) bond motifs is 1. The highest BCUT2D eigenvalue weighted by Crippen LogP contribution is 2.37. The summed E-state index contributed by atoms with van der Waals surface area (Å²) < 4.78 is 11.6. The van der Waals surface area contributed by atoms with Crippen LogP contribution < -0.4 is 0 Å². The largest absolute Gasteiger partial charge is 0.444 e. The minimum Gasteiger partial charge on any atom is -0.444 e. The molecule has 3 rings (SSSR count). The van der Waals surface area contributed by atoms with Gasteiger partial charge in [-0.1, -0.05) is 0 Å². The van der Waals surface area contributed by atoms with Crippen LogP contribution in [0.2, 0.25) is 0 Å². The van der Waals surface area contributed by atoms with Crippen LogP contribution in [0.4, 0.5) is 9.80 Å². The summed E-state index contributed by atoms with van der Waals surface area (Å²) in [6, 6.07) is 0.205. The molecule has 0 aliphatic carbocycles. The molecule has 0 N–H and O–H groups in total. The highest BCUT2D eigenvalue weighted by atomic mass is 32.1. The van der Waals surface area contributed by atoms with Crippen molar-refractivity contribution in [1.29, 1.82) is 0 Å². The summed E-state index contributed by atoms with van der Waals surface area (Å²) in [5.41, 5.74) is 1.69. The fraction of sp³-hybridized carbons (Fsp3) is 0.667. The maximum atomic E-state index is 12.3. The van der Waals surface area contributed by atoms with E-state index in [4.69, 9.17) is 16.0 Å². The van der Waals surface area contributed by atoms with E-state index in [1.54, 1.807) is 4.90 Å². The quantitative estimate of drug-likeness (QED) is 0.715. The smallest absolute Gasteiger partial charge is 0.410 e. The number of carbonyl (C=O) groups is 1. The standard InChI is InChI=1S/C18H25N3O3S/c1-12-14(11-25-16(12)19-5)15-9-20-6-7-21(8-13(20)10-23-15)17(22)24-18(2,3)4/h11,13,15H,6-10H2,1-4H3/t13-,15+/m0/s1. The van der Waals surface area contributed by atoms with Gasteiger partial charge in [-0.25, -0.2) is 9.64 Å². The van der Waals surface area contributed by atoms with Gasteiger partial charge in [-0.3, -0.25) is 4.90 Å². The zero-order chi connectivity index (χ0) is 18.2. The van der Waals surface area contributed by atoms with E-state index in [-0.39, 0.29) is 18.2 Å². The van der Waals surface area contributed by atoms with Gasteiger partial charge in [-0.2, -0.15) is 11.3 Å². The fourth-order valence-electron chi connectivity index (χ4n) is 3.31. The second-order valence-electron chi connectivity index (χ2n) is 7.63. The van der Waals surface area contributed by atoms with E-state index in [0.717, 1.165) is 29.2 Å². The Labute approximate surface area is 153 Å². The Morgan fingerprint density at radius 3 is 2.80 bits per heavy atom. The lowest BCUT2D eigenvalue weighted by molar-refractivity contribution is -0.0906. The summed E-state index contributed by atoms with van der Waals surface area (Å²) in [4.78, 5) is 20.0. The van der Waals surface area contributed by atoms with Gasteiger partial charge in [0.05, 0.1) is 25.3 Å². The zero-order valence-corrected chi connectivity index (χ0v) is 16.1. The van der Waals surface area contributed by atoms with Gasteiger partial charge in [0.15, 0.2) is 0 Å². The van der Waals surface area contributed by atoms with Gasteiger partial charge in [-0.15, -0.1) is 0 Å². The molecule has 2 aliphatic heterocycles. The molecule has 0 aromatic carbocycles. The Balaban J connectivity index is 1.61. The van der Waals surface area contributed by atoms with E-state index in [1.807, 2.05) is 33.1 Å². The Hall–Kier alpha value is -1.62. The van der Waals surface area contributed by atoms with Crippen molar-refractivity contribution < 1.29 is 14.3 Å². The first kappa shape index (κ1) is 18.2. The van der Waals surface area contributed by atoms with Crippen molar-refractivity contribution >= 4 is 22.4 Å². The summed E-state index contributed by atoms with van der Waals surface area (Å²) in [5, 5.41) is 2.79. The lowest BCUT2D eigenvalue weighted by Gasteiger charge is -2.46. The third kappa shape index (κ3) is 3.97. The van der Waals surface area contributed by atoms with Crippen molar-refractivity contribution in [3.8, 4) is 0 Å². The van der Waals surface area contributed by atoms with Crippen LogP contribution in [0.25, 0.3) is 4.85 Å². The van der Waals surface area contributed by atoms with Crippen molar-refractivity contribution in [3.63, 3.8) is 0 Å². The van der Waals surface area contributed by atoms with Gasteiger partial charge in [0, 0.05) is 26.2 Å². The summed E-state index contributed by atoms with van der Waals surface area (Å²) in [5.74, 6) is 0. The van der Waals surface area contributed by atoms with Crippen molar-refractivity contribution in [2.24, 2.45) is 0 Å². The summed E-state index contributed by atoms with van der Waals surface area (Å²) in [6.45, 7) is 18.4. The second-order valence-corrected chi connectivity index (χ2v) is 8.49. The number of morpholine rings is 1. The molecular weight excluding hydrogens is 338 g/mol. The van der Waals surface area contributed by atoms with Gasteiger partial charge in [0.1, 0.15) is 5.60 Å². The molecule has 0 spiro atoms. The first-order valence-electron chi connectivity index (χ1n) is 8.57. The fourth-order valence-corrected chi connectivity index (χ4v) is 4.23. The molecular formula is C18H25N3O3S. The van der Waals surface area contributed by atoms with Gasteiger partial charge >= 0.3 is 6.09 Å². The van der Waals surface area contributed by atoms with E-state index in [9.17, 15) is 4.79 Å². The minimum atomic E-state index is -0.473. The van der Waals surface area contributed by atoms with E-state index in [2.05, 4.69) is 9.74 Å². The molecule has 6 nitrogen and oxygen atoms in total. The molecule has 0 radical (unpaired) electrons. The third-order valence-corrected chi connectivity index (χ3v) is 5.64. The summed E-state index contributed by atoms with van der Waals surface area (Å²) in [6.07, 6.45) is -0.235. The molecule has 2 fully saturated rings. The normalized spacial score (nSPS) is 24.5. The van der Waals surface area contributed by atoms with Crippen LogP contribution in [0.5, 0.6) is 0 Å². The molecule has 3 heterocycles. The number of carbonyl (C=O) groups excluding carboxylic acids is 1. The molecule has 7 heteroatoms. The first-order chi connectivity index (χ1) is 11.8. The van der Waals surface area contributed by atoms with E-state index in [1.165, 1.54) is 11.3 Å². The number of amides is 1. The maximum Gasteiger partial charge on any atom is 0.410 e. The molecule has 25 heavy (non-hydrogen) atoms. The molecule has 1 amide bonds. The Morgan fingerprint density at radius 2 is 2.16 bits per heavy atom. The molecule has 2 aliphatic rings. The molecule has 1 aromatic rings. The molecule has 0 saturated carbocycles. The highest BCUT2D eigenvalue weighted by Gasteiger charge is 2.37. The minimum absolute atomic E-state index is 0.0103.